The Labute approximate surface area is 77.2 Å². The van der Waals surface area contributed by atoms with E-state index in [-0.39, 0.29) is 24.3 Å². The van der Waals surface area contributed by atoms with Crippen LogP contribution in [0.2, 0.25) is 0 Å². The SMILES string of the molecule is Cl.NC1CCc2ccc(F)cc21. The highest BCUT2D eigenvalue weighted by Crippen LogP contribution is 2.29. The predicted molar refractivity (Wildman–Crippen MR) is 48.9 cm³/mol. The summed E-state index contributed by atoms with van der Waals surface area (Å²) < 4.78 is 12.7. The highest BCUT2D eigenvalue weighted by molar-refractivity contribution is 5.85. The van der Waals surface area contributed by atoms with Gasteiger partial charge in [0, 0.05) is 6.04 Å². The molecule has 2 rings (SSSR count). The molecule has 1 atom stereocenters. The second kappa shape index (κ2) is 3.42. The molecule has 1 aromatic rings. The van der Waals surface area contributed by atoms with E-state index in [1.807, 2.05) is 6.07 Å². The van der Waals surface area contributed by atoms with Gasteiger partial charge in [-0.2, -0.15) is 0 Å². The van der Waals surface area contributed by atoms with Crippen molar-refractivity contribution in [3.8, 4) is 0 Å². The smallest absolute Gasteiger partial charge is 0.123 e. The first-order valence-electron chi connectivity index (χ1n) is 3.81. The third-order valence-electron chi connectivity index (χ3n) is 2.23. The fourth-order valence-electron chi connectivity index (χ4n) is 1.61. The third kappa shape index (κ3) is 1.45. The van der Waals surface area contributed by atoms with Crippen molar-refractivity contribution in [2.24, 2.45) is 5.73 Å². The van der Waals surface area contributed by atoms with Gasteiger partial charge in [0.2, 0.25) is 0 Å². The second-order valence-corrected chi connectivity index (χ2v) is 2.99. The molecule has 0 aliphatic heterocycles. The molecule has 0 amide bonds. The van der Waals surface area contributed by atoms with Gasteiger partial charge >= 0.3 is 0 Å². The number of aryl methyl sites for hydroxylation is 1. The molecule has 0 saturated heterocycles. The normalized spacial score (nSPS) is 20.0. The Morgan fingerprint density at radius 2 is 2.17 bits per heavy atom. The summed E-state index contributed by atoms with van der Waals surface area (Å²) in [6.07, 6.45) is 1.95. The number of hydrogen-bond acceptors (Lipinski definition) is 1. The van der Waals surface area contributed by atoms with Crippen LogP contribution in [-0.4, -0.2) is 0 Å². The van der Waals surface area contributed by atoms with Crippen LogP contribution in [0.1, 0.15) is 23.6 Å². The molecule has 3 heteroatoms. The number of halogens is 2. The minimum atomic E-state index is -0.180. The molecule has 0 aromatic heterocycles. The number of fused-ring (bicyclic) bond motifs is 1. The Bertz CT molecular complexity index is 288. The Morgan fingerprint density at radius 1 is 1.42 bits per heavy atom. The van der Waals surface area contributed by atoms with Gasteiger partial charge < -0.3 is 5.73 Å². The van der Waals surface area contributed by atoms with Crippen LogP contribution < -0.4 is 5.73 Å². The fraction of sp³-hybridized carbons (Fsp3) is 0.333. The van der Waals surface area contributed by atoms with Gasteiger partial charge in [-0.3, -0.25) is 0 Å². The van der Waals surface area contributed by atoms with Crippen molar-refractivity contribution in [3.63, 3.8) is 0 Å². The lowest BCUT2D eigenvalue weighted by Gasteiger charge is -2.02. The summed E-state index contributed by atoms with van der Waals surface area (Å²) in [4.78, 5) is 0. The van der Waals surface area contributed by atoms with Crippen LogP contribution in [0.3, 0.4) is 0 Å². The van der Waals surface area contributed by atoms with Crippen molar-refractivity contribution in [2.45, 2.75) is 18.9 Å². The van der Waals surface area contributed by atoms with E-state index in [1.165, 1.54) is 11.6 Å². The maximum Gasteiger partial charge on any atom is 0.123 e. The number of rotatable bonds is 0. The molecular weight excluding hydrogens is 177 g/mol. The summed E-state index contributed by atoms with van der Waals surface area (Å²) in [7, 11) is 0. The average Bonchev–Trinajstić information content (AvgIpc) is 2.33. The van der Waals surface area contributed by atoms with Crippen molar-refractivity contribution in [2.75, 3.05) is 0 Å². The van der Waals surface area contributed by atoms with E-state index in [9.17, 15) is 4.39 Å². The Balaban J connectivity index is 0.000000720. The average molecular weight is 188 g/mol. The van der Waals surface area contributed by atoms with Crippen molar-refractivity contribution >= 4 is 12.4 Å². The van der Waals surface area contributed by atoms with Crippen molar-refractivity contribution in [1.29, 1.82) is 0 Å². The van der Waals surface area contributed by atoms with Crippen LogP contribution in [0, 0.1) is 5.82 Å². The van der Waals surface area contributed by atoms with Gasteiger partial charge in [0.1, 0.15) is 5.82 Å². The molecule has 0 spiro atoms. The molecule has 66 valence electrons. The molecule has 1 unspecified atom stereocenters. The van der Waals surface area contributed by atoms with Gasteiger partial charge in [0.05, 0.1) is 0 Å². The predicted octanol–water partition coefficient (Wildman–Crippen LogP) is 2.19. The number of benzene rings is 1. The maximum atomic E-state index is 12.7. The molecule has 0 saturated carbocycles. The molecule has 1 aliphatic carbocycles. The lowest BCUT2D eigenvalue weighted by Crippen LogP contribution is -2.05. The first-order valence-corrected chi connectivity index (χ1v) is 3.81. The van der Waals surface area contributed by atoms with E-state index in [1.54, 1.807) is 6.07 Å². The van der Waals surface area contributed by atoms with Crippen molar-refractivity contribution in [3.05, 3.63) is 35.1 Å². The Hall–Kier alpha value is -0.600. The standard InChI is InChI=1S/C9H10FN.ClH/c10-7-3-1-6-2-4-9(11)8(6)5-7;/h1,3,5,9H,2,4,11H2;1H. The molecule has 0 bridgehead atoms. The largest absolute Gasteiger partial charge is 0.324 e. The van der Waals surface area contributed by atoms with Gasteiger partial charge in [0.25, 0.3) is 0 Å². The zero-order valence-corrected chi connectivity index (χ0v) is 7.40. The molecule has 1 nitrogen and oxygen atoms in total. The fourth-order valence-corrected chi connectivity index (χ4v) is 1.61. The molecule has 1 aliphatic rings. The van der Waals surface area contributed by atoms with Crippen molar-refractivity contribution < 1.29 is 4.39 Å². The lowest BCUT2D eigenvalue weighted by atomic mass is 10.1. The first-order chi connectivity index (χ1) is 5.27. The zero-order valence-electron chi connectivity index (χ0n) is 6.59. The highest BCUT2D eigenvalue weighted by Gasteiger charge is 2.18. The van der Waals surface area contributed by atoms with E-state index < -0.39 is 0 Å². The lowest BCUT2D eigenvalue weighted by molar-refractivity contribution is 0.622. The summed E-state index contributed by atoms with van der Waals surface area (Å²) in [5.74, 6) is -0.180. The van der Waals surface area contributed by atoms with E-state index in [0.717, 1.165) is 18.4 Å². The molecule has 0 heterocycles. The van der Waals surface area contributed by atoms with Crippen LogP contribution in [-0.2, 0) is 6.42 Å². The van der Waals surface area contributed by atoms with Gasteiger partial charge in [-0.05, 0) is 36.1 Å². The molecular formula is C9H11ClFN. The van der Waals surface area contributed by atoms with Crippen LogP contribution in [0.4, 0.5) is 4.39 Å². The van der Waals surface area contributed by atoms with Crippen LogP contribution in [0.5, 0.6) is 0 Å². The first kappa shape index (κ1) is 9.49. The van der Waals surface area contributed by atoms with E-state index in [2.05, 4.69) is 0 Å². The van der Waals surface area contributed by atoms with Crippen molar-refractivity contribution in [1.82, 2.24) is 0 Å². The van der Waals surface area contributed by atoms with Gasteiger partial charge in [-0.25, -0.2) is 4.39 Å². The van der Waals surface area contributed by atoms with E-state index in [0.29, 0.717) is 0 Å². The van der Waals surface area contributed by atoms with Gasteiger partial charge in [0.15, 0.2) is 0 Å². The summed E-state index contributed by atoms with van der Waals surface area (Å²) in [5, 5.41) is 0. The minimum absolute atomic E-state index is 0. The highest BCUT2D eigenvalue weighted by atomic mass is 35.5. The van der Waals surface area contributed by atoms with Crippen LogP contribution >= 0.6 is 12.4 Å². The van der Waals surface area contributed by atoms with Crippen LogP contribution in [0.25, 0.3) is 0 Å². The van der Waals surface area contributed by atoms with E-state index in [4.69, 9.17) is 5.73 Å². The molecule has 0 fully saturated rings. The van der Waals surface area contributed by atoms with Gasteiger partial charge in [-0.1, -0.05) is 6.07 Å². The Morgan fingerprint density at radius 3 is 2.92 bits per heavy atom. The molecule has 0 radical (unpaired) electrons. The quantitative estimate of drug-likeness (QED) is 0.662. The van der Waals surface area contributed by atoms with Crippen LogP contribution in [0.15, 0.2) is 18.2 Å². The second-order valence-electron chi connectivity index (χ2n) is 2.99. The number of hydrogen-bond donors (Lipinski definition) is 1. The molecule has 12 heavy (non-hydrogen) atoms. The molecule has 2 N–H and O–H groups in total. The zero-order chi connectivity index (χ0) is 7.84. The molecule has 1 aromatic carbocycles. The summed E-state index contributed by atoms with van der Waals surface area (Å²) in [6, 6.07) is 4.93. The maximum absolute atomic E-state index is 12.7. The minimum Gasteiger partial charge on any atom is -0.324 e. The Kier molecular flexibility index (Phi) is 2.70. The summed E-state index contributed by atoms with van der Waals surface area (Å²) >= 11 is 0. The topological polar surface area (TPSA) is 26.0 Å². The summed E-state index contributed by atoms with van der Waals surface area (Å²) in [5.41, 5.74) is 7.95. The summed E-state index contributed by atoms with van der Waals surface area (Å²) in [6.45, 7) is 0. The number of nitrogens with two attached hydrogens (primary N) is 1. The third-order valence-corrected chi connectivity index (χ3v) is 2.23. The van der Waals surface area contributed by atoms with E-state index >= 15 is 0 Å². The van der Waals surface area contributed by atoms with Gasteiger partial charge in [-0.15, -0.1) is 12.4 Å². The monoisotopic (exact) mass is 187 g/mol.